The van der Waals surface area contributed by atoms with Gasteiger partial charge in [0.15, 0.2) is 23.0 Å². The molecule has 0 N–H and O–H groups in total. The molecular formula is C44H33NO2SSi. The zero-order valence-electron chi connectivity index (χ0n) is 27.3. The molecule has 0 radical (unpaired) electrons. The Balaban J connectivity index is 1.20. The number of fused-ring (bicyclic) bond motifs is 4. The van der Waals surface area contributed by atoms with Gasteiger partial charge in [0.25, 0.3) is 0 Å². The van der Waals surface area contributed by atoms with Crippen molar-refractivity contribution in [2.75, 3.05) is 4.90 Å². The third-order valence-electron chi connectivity index (χ3n) is 9.59. The molecule has 7 aromatic rings. The monoisotopic (exact) mass is 667 g/mol. The van der Waals surface area contributed by atoms with Gasteiger partial charge in [-0.3, -0.25) is 0 Å². The number of ether oxygens (including phenoxy) is 2. The van der Waals surface area contributed by atoms with Crippen molar-refractivity contribution in [1.29, 1.82) is 0 Å². The van der Waals surface area contributed by atoms with E-state index in [0.717, 1.165) is 28.4 Å². The van der Waals surface area contributed by atoms with E-state index in [9.17, 15) is 0 Å². The average molecular weight is 668 g/mol. The molecule has 49 heavy (non-hydrogen) atoms. The Morgan fingerprint density at radius 2 is 1.04 bits per heavy atom. The van der Waals surface area contributed by atoms with Crippen LogP contribution in [0, 0.1) is 0 Å². The quantitative estimate of drug-likeness (QED) is 0.170. The van der Waals surface area contributed by atoms with Crippen LogP contribution in [0.1, 0.15) is 0 Å². The summed E-state index contributed by atoms with van der Waals surface area (Å²) in [6, 6.07) is 58.0. The van der Waals surface area contributed by atoms with Gasteiger partial charge in [-0.2, -0.15) is 0 Å². The van der Waals surface area contributed by atoms with Crippen molar-refractivity contribution in [1.82, 2.24) is 0 Å². The third-order valence-corrected chi connectivity index (χ3v) is 14.7. The molecule has 0 fully saturated rings. The number of anilines is 3. The largest absolute Gasteiger partial charge is 0.449 e. The van der Waals surface area contributed by atoms with Crippen LogP contribution in [-0.2, 0) is 0 Å². The van der Waals surface area contributed by atoms with Gasteiger partial charge in [-0.1, -0.05) is 134 Å². The normalized spacial score (nSPS) is 13.5. The van der Waals surface area contributed by atoms with E-state index < -0.39 is 8.07 Å². The van der Waals surface area contributed by atoms with E-state index >= 15 is 0 Å². The van der Waals surface area contributed by atoms with Crippen molar-refractivity contribution in [3.05, 3.63) is 164 Å². The van der Waals surface area contributed by atoms with Crippen molar-refractivity contribution in [3.8, 4) is 45.3 Å². The average Bonchev–Trinajstić information content (AvgIpc) is 3.15. The molecule has 0 saturated carbocycles. The molecule has 0 bridgehead atoms. The number of para-hydroxylation sites is 3. The van der Waals surface area contributed by atoms with E-state index in [1.807, 2.05) is 42.1 Å². The summed E-state index contributed by atoms with van der Waals surface area (Å²) in [6.45, 7) is 4.93. The molecule has 2 aliphatic heterocycles. The first-order valence-electron chi connectivity index (χ1n) is 16.6. The molecule has 3 nitrogen and oxygen atoms in total. The number of hydrogen-bond donors (Lipinski definition) is 0. The first-order valence-corrected chi connectivity index (χ1v) is 20.4. The first-order chi connectivity index (χ1) is 24.0. The lowest BCUT2D eigenvalue weighted by Crippen LogP contribution is -2.56. The van der Waals surface area contributed by atoms with Crippen LogP contribution in [0.25, 0.3) is 22.3 Å². The lowest BCUT2D eigenvalue weighted by molar-refractivity contribution is 0.360. The topological polar surface area (TPSA) is 21.7 Å². The zero-order valence-corrected chi connectivity index (χ0v) is 29.1. The molecule has 5 heteroatoms. The van der Waals surface area contributed by atoms with Crippen molar-refractivity contribution in [2.24, 2.45) is 0 Å². The van der Waals surface area contributed by atoms with Gasteiger partial charge in [-0.25, -0.2) is 0 Å². The molecule has 0 saturated heterocycles. The maximum Gasteiger partial charge on any atom is 0.194 e. The summed E-state index contributed by atoms with van der Waals surface area (Å²) in [5.74, 6) is 2.84. The van der Waals surface area contributed by atoms with Crippen LogP contribution in [0.2, 0.25) is 13.1 Å². The van der Waals surface area contributed by atoms with Crippen molar-refractivity contribution < 1.29 is 9.47 Å². The van der Waals surface area contributed by atoms with Gasteiger partial charge in [-0.15, -0.1) is 0 Å². The summed E-state index contributed by atoms with van der Waals surface area (Å²) in [5.41, 5.74) is 7.87. The second kappa shape index (κ2) is 11.9. The number of benzene rings is 7. The van der Waals surface area contributed by atoms with Gasteiger partial charge < -0.3 is 14.4 Å². The maximum absolute atomic E-state index is 6.66. The van der Waals surface area contributed by atoms with E-state index in [-0.39, 0.29) is 0 Å². The second-order valence-electron chi connectivity index (χ2n) is 13.0. The Bertz CT molecular complexity index is 2350. The van der Waals surface area contributed by atoms with E-state index in [0.29, 0.717) is 17.2 Å². The van der Waals surface area contributed by atoms with Crippen LogP contribution in [0.4, 0.5) is 17.1 Å². The minimum absolute atomic E-state index is 0.702. The van der Waals surface area contributed by atoms with Crippen LogP contribution in [0.3, 0.4) is 0 Å². The number of hydrogen-bond acceptors (Lipinski definition) is 4. The van der Waals surface area contributed by atoms with Crippen LogP contribution >= 0.6 is 11.8 Å². The SMILES string of the molecule is C[Si]1(C)c2ccccc2Sc2c(N(c3ccc(-c4cccc(-c5ccccc5)c4)cc3)c3cccc4c3Oc3ccccc3O4)cccc21. The molecule has 9 rings (SSSR count). The summed E-state index contributed by atoms with van der Waals surface area (Å²) < 4.78 is 13.1. The molecule has 2 aliphatic rings. The number of rotatable bonds is 5. The fourth-order valence-corrected chi connectivity index (χ4v) is 12.6. The lowest BCUT2D eigenvalue weighted by Gasteiger charge is -2.37. The molecule has 0 amide bonds. The molecule has 0 aromatic heterocycles. The molecule has 0 spiro atoms. The van der Waals surface area contributed by atoms with Gasteiger partial charge >= 0.3 is 0 Å². The van der Waals surface area contributed by atoms with Crippen LogP contribution in [0.15, 0.2) is 174 Å². The second-order valence-corrected chi connectivity index (χ2v) is 18.3. The van der Waals surface area contributed by atoms with Gasteiger partial charge in [0.2, 0.25) is 0 Å². The minimum atomic E-state index is -1.98. The molecular weight excluding hydrogens is 635 g/mol. The molecule has 0 unspecified atom stereocenters. The predicted molar refractivity (Wildman–Crippen MR) is 206 cm³/mol. The van der Waals surface area contributed by atoms with E-state index in [2.05, 4.69) is 151 Å². The Morgan fingerprint density at radius 1 is 0.469 bits per heavy atom. The molecule has 0 atom stereocenters. The first kappa shape index (κ1) is 29.6. The van der Waals surface area contributed by atoms with Gasteiger partial charge in [0.1, 0.15) is 8.07 Å². The van der Waals surface area contributed by atoms with Crippen LogP contribution in [-0.4, -0.2) is 8.07 Å². The standard InChI is InChI=1S/C44H33NO2SSi/c1-49(2)41-23-9-8-22-40(41)48-44-36(18-12-24-42(44)49)45(35-17-11-21-39-43(35)47-38-20-7-6-19-37(38)46-39)34-27-25-31(26-28-34)33-16-10-15-32(29-33)30-13-4-3-5-14-30/h3-29H,1-2H3. The lowest BCUT2D eigenvalue weighted by atomic mass is 9.99. The maximum atomic E-state index is 6.66. The highest BCUT2D eigenvalue weighted by atomic mass is 32.2. The highest BCUT2D eigenvalue weighted by molar-refractivity contribution is 8.00. The fourth-order valence-electron chi connectivity index (χ4n) is 7.06. The van der Waals surface area contributed by atoms with Crippen molar-refractivity contribution in [3.63, 3.8) is 0 Å². The van der Waals surface area contributed by atoms with Crippen LogP contribution in [0.5, 0.6) is 23.0 Å². The van der Waals surface area contributed by atoms with Crippen LogP contribution < -0.4 is 24.7 Å². The molecule has 7 aromatic carbocycles. The molecule has 2 heterocycles. The highest BCUT2D eigenvalue weighted by Gasteiger charge is 2.37. The summed E-state index contributed by atoms with van der Waals surface area (Å²) in [6.07, 6.45) is 0. The Hall–Kier alpha value is -5.49. The van der Waals surface area contributed by atoms with E-state index in [1.165, 1.54) is 36.9 Å². The Morgan fingerprint density at radius 3 is 1.84 bits per heavy atom. The summed E-state index contributed by atoms with van der Waals surface area (Å²) in [5, 5.41) is 2.93. The molecule has 0 aliphatic carbocycles. The summed E-state index contributed by atoms with van der Waals surface area (Å²) in [4.78, 5) is 4.99. The van der Waals surface area contributed by atoms with Gasteiger partial charge in [-0.05, 0) is 87.2 Å². The summed E-state index contributed by atoms with van der Waals surface area (Å²) >= 11 is 1.88. The summed E-state index contributed by atoms with van der Waals surface area (Å²) in [7, 11) is -1.98. The van der Waals surface area contributed by atoms with Crippen molar-refractivity contribution in [2.45, 2.75) is 22.9 Å². The predicted octanol–water partition coefficient (Wildman–Crippen LogP) is 11.7. The fraction of sp³-hybridized carbons (Fsp3) is 0.0455. The number of nitrogens with zero attached hydrogens (tertiary/aromatic N) is 1. The smallest absolute Gasteiger partial charge is 0.194 e. The minimum Gasteiger partial charge on any atom is -0.449 e. The zero-order chi connectivity index (χ0) is 33.0. The Kier molecular flexibility index (Phi) is 7.19. The highest BCUT2D eigenvalue weighted by Crippen LogP contribution is 2.54. The third kappa shape index (κ3) is 5.14. The van der Waals surface area contributed by atoms with Crippen molar-refractivity contribution >= 4 is 47.3 Å². The van der Waals surface area contributed by atoms with E-state index in [4.69, 9.17) is 9.47 Å². The van der Waals surface area contributed by atoms with E-state index in [1.54, 1.807) is 0 Å². The molecule has 236 valence electrons. The Labute approximate surface area is 292 Å². The van der Waals surface area contributed by atoms with Gasteiger partial charge in [0, 0.05) is 15.5 Å². The van der Waals surface area contributed by atoms with Gasteiger partial charge in [0.05, 0.1) is 11.4 Å².